The van der Waals surface area contributed by atoms with Crippen LogP contribution in [0.1, 0.15) is 26.3 Å². The summed E-state index contributed by atoms with van der Waals surface area (Å²) in [6, 6.07) is 4.42. The van der Waals surface area contributed by atoms with E-state index < -0.39 is 28.1 Å². The molecule has 1 N–H and O–H groups in total. The van der Waals surface area contributed by atoms with Crippen molar-refractivity contribution < 1.29 is 23.6 Å². The molecule has 2 rings (SSSR count). The molecule has 8 nitrogen and oxygen atoms in total. The van der Waals surface area contributed by atoms with Crippen LogP contribution >= 0.6 is 0 Å². The average Bonchev–Trinajstić information content (AvgIpc) is 2.51. The molecule has 0 aliphatic rings. The second-order valence-corrected chi connectivity index (χ2v) is 6.24. The van der Waals surface area contributed by atoms with Crippen molar-refractivity contribution in [2.45, 2.75) is 26.4 Å². The van der Waals surface area contributed by atoms with E-state index in [1.165, 1.54) is 12.3 Å². The Labute approximate surface area is 149 Å². The Balaban J connectivity index is 2.21. The normalized spacial score (nSPS) is 11.0. The number of benzene rings is 1. The van der Waals surface area contributed by atoms with Gasteiger partial charge in [-0.1, -0.05) is 0 Å². The van der Waals surface area contributed by atoms with E-state index in [2.05, 4.69) is 17.2 Å². The summed E-state index contributed by atoms with van der Waals surface area (Å²) in [6.07, 6.45) is 0.605. The number of amides is 1. The van der Waals surface area contributed by atoms with Gasteiger partial charge in [0.2, 0.25) is 0 Å². The molecule has 0 bridgehead atoms. The number of hydrogen-bond acceptors (Lipinski definition) is 6. The summed E-state index contributed by atoms with van der Waals surface area (Å²) < 4.78 is 24.5. The number of nitro groups is 1. The molecule has 137 valence electrons. The van der Waals surface area contributed by atoms with Gasteiger partial charge in [-0.25, -0.2) is 14.2 Å². The van der Waals surface area contributed by atoms with Crippen LogP contribution in [0.25, 0.3) is 0 Å². The highest BCUT2D eigenvalue weighted by molar-refractivity contribution is 5.85. The molecule has 1 heterocycles. The van der Waals surface area contributed by atoms with Crippen LogP contribution in [-0.2, 0) is 4.74 Å². The van der Waals surface area contributed by atoms with Gasteiger partial charge in [-0.15, -0.1) is 0 Å². The lowest BCUT2D eigenvalue weighted by atomic mass is 10.2. The van der Waals surface area contributed by atoms with Crippen molar-refractivity contribution >= 4 is 17.6 Å². The highest BCUT2D eigenvalue weighted by Gasteiger charge is 2.19. The number of ether oxygens (including phenoxy) is 2. The van der Waals surface area contributed by atoms with E-state index >= 15 is 0 Å². The van der Waals surface area contributed by atoms with Crippen molar-refractivity contribution in [3.8, 4) is 11.5 Å². The summed E-state index contributed by atoms with van der Waals surface area (Å²) in [5.41, 5.74) is -0.899. The maximum Gasteiger partial charge on any atom is 0.413 e. The molecule has 9 heteroatoms. The largest absolute Gasteiger partial charge is 0.454 e. The predicted octanol–water partition coefficient (Wildman–Crippen LogP) is 4.45. The Morgan fingerprint density at radius 3 is 2.58 bits per heavy atom. The number of nitro benzene ring substituents is 1. The zero-order chi connectivity index (χ0) is 19.5. The van der Waals surface area contributed by atoms with Gasteiger partial charge in [0.1, 0.15) is 17.2 Å². The van der Waals surface area contributed by atoms with Gasteiger partial charge in [-0.3, -0.25) is 15.4 Å². The molecule has 1 amide bonds. The summed E-state index contributed by atoms with van der Waals surface area (Å²) in [5, 5.41) is 13.1. The number of carbonyl (C=O) groups is 1. The van der Waals surface area contributed by atoms with Crippen LogP contribution in [0.4, 0.5) is 20.7 Å². The highest BCUT2D eigenvalue weighted by atomic mass is 19.1. The first kappa shape index (κ1) is 19.1. The summed E-state index contributed by atoms with van der Waals surface area (Å²) in [7, 11) is 0. The van der Waals surface area contributed by atoms with E-state index in [0.717, 1.165) is 18.2 Å². The van der Waals surface area contributed by atoms with Gasteiger partial charge in [0.15, 0.2) is 11.6 Å². The van der Waals surface area contributed by atoms with E-state index in [-0.39, 0.29) is 22.9 Å². The first-order valence-electron chi connectivity index (χ1n) is 7.49. The third kappa shape index (κ3) is 4.88. The fraction of sp³-hybridized carbons (Fsp3) is 0.235. The summed E-state index contributed by atoms with van der Waals surface area (Å²) in [4.78, 5) is 25.7. The number of carbonyl (C=O) groups excluding carboxylic acids is 1. The Morgan fingerprint density at radius 1 is 1.31 bits per heavy atom. The molecule has 0 atom stereocenters. The fourth-order valence-corrected chi connectivity index (χ4v) is 1.88. The predicted molar refractivity (Wildman–Crippen MR) is 91.7 cm³/mol. The quantitative estimate of drug-likeness (QED) is 0.636. The molecule has 1 radical (unpaired) electrons. The Bertz CT molecular complexity index is 849. The second kappa shape index (κ2) is 7.34. The lowest BCUT2D eigenvalue weighted by molar-refractivity contribution is -0.385. The molecular formula is C17H17FN3O5. The molecule has 0 aliphatic heterocycles. The van der Waals surface area contributed by atoms with E-state index in [0.29, 0.717) is 0 Å². The van der Waals surface area contributed by atoms with Crippen molar-refractivity contribution in [1.82, 2.24) is 4.98 Å². The van der Waals surface area contributed by atoms with Gasteiger partial charge >= 0.3 is 6.09 Å². The lowest BCUT2D eigenvalue weighted by Crippen LogP contribution is -2.27. The second-order valence-electron chi connectivity index (χ2n) is 6.24. The molecule has 0 aliphatic carbocycles. The summed E-state index contributed by atoms with van der Waals surface area (Å²) in [5.74, 6) is -0.926. The number of nitrogens with one attached hydrogen (secondary N) is 1. The zero-order valence-corrected chi connectivity index (χ0v) is 14.4. The van der Waals surface area contributed by atoms with Crippen LogP contribution in [0.3, 0.4) is 0 Å². The van der Waals surface area contributed by atoms with Crippen LogP contribution < -0.4 is 10.1 Å². The Kier molecular flexibility index (Phi) is 5.39. The van der Waals surface area contributed by atoms with Gasteiger partial charge in [0.05, 0.1) is 11.0 Å². The lowest BCUT2D eigenvalue weighted by Gasteiger charge is -2.20. The van der Waals surface area contributed by atoms with Crippen LogP contribution in [0.5, 0.6) is 11.5 Å². The Hall–Kier alpha value is -3.23. The number of nitrogens with zero attached hydrogens (tertiary/aromatic N) is 2. The van der Waals surface area contributed by atoms with Crippen molar-refractivity contribution in [2.24, 2.45) is 0 Å². The molecule has 2 aromatic rings. The van der Waals surface area contributed by atoms with E-state index in [4.69, 9.17) is 9.47 Å². The monoisotopic (exact) mass is 362 g/mol. The molecule has 1 aromatic carbocycles. The number of aromatic nitrogens is 1. The van der Waals surface area contributed by atoms with E-state index in [1.54, 1.807) is 20.8 Å². The number of rotatable bonds is 4. The average molecular weight is 362 g/mol. The van der Waals surface area contributed by atoms with Crippen LogP contribution in [0, 0.1) is 22.9 Å². The topological polar surface area (TPSA) is 104 Å². The molecule has 0 unspecified atom stereocenters. The van der Waals surface area contributed by atoms with Gasteiger partial charge in [0.25, 0.3) is 5.69 Å². The van der Waals surface area contributed by atoms with Gasteiger partial charge in [-0.2, -0.15) is 0 Å². The number of pyridine rings is 1. The molecule has 0 fully saturated rings. The van der Waals surface area contributed by atoms with E-state index in [9.17, 15) is 19.3 Å². The summed E-state index contributed by atoms with van der Waals surface area (Å²) in [6.45, 7) is 8.88. The smallest absolute Gasteiger partial charge is 0.413 e. The van der Waals surface area contributed by atoms with Gasteiger partial charge < -0.3 is 9.47 Å². The Morgan fingerprint density at radius 2 is 2.00 bits per heavy atom. The number of halogens is 1. The fourth-order valence-electron chi connectivity index (χ4n) is 1.88. The molecule has 0 saturated heterocycles. The van der Waals surface area contributed by atoms with Crippen molar-refractivity contribution in [3.63, 3.8) is 0 Å². The highest BCUT2D eigenvalue weighted by Crippen LogP contribution is 2.31. The zero-order valence-electron chi connectivity index (χ0n) is 14.4. The van der Waals surface area contributed by atoms with Gasteiger partial charge in [0, 0.05) is 17.8 Å². The van der Waals surface area contributed by atoms with Gasteiger partial charge in [-0.05, 0) is 39.8 Å². The maximum atomic E-state index is 14.0. The number of anilines is 1. The third-order valence-electron chi connectivity index (χ3n) is 2.98. The number of hydrogen-bond donors (Lipinski definition) is 1. The van der Waals surface area contributed by atoms with Crippen LogP contribution in [0.2, 0.25) is 0 Å². The van der Waals surface area contributed by atoms with Crippen molar-refractivity contribution in [1.29, 1.82) is 0 Å². The molecule has 26 heavy (non-hydrogen) atoms. The minimum Gasteiger partial charge on any atom is -0.454 e. The third-order valence-corrected chi connectivity index (χ3v) is 2.98. The van der Waals surface area contributed by atoms with Crippen molar-refractivity contribution in [3.05, 3.63) is 58.9 Å². The standard InChI is InChI=1S/C17H17FN3O5/c1-10-13(25-14-6-5-11(21(23)24)9-12(14)18)7-8-19-15(10)20-16(22)26-17(2,3)4/h5-9H,1H2,2-4H3,(H,19,20,22). The SMILES string of the molecule is [CH2]c1c(Oc2ccc([N+](=O)[O-])cc2F)ccnc1NC(=O)OC(C)(C)C. The molecular weight excluding hydrogens is 345 g/mol. The minimum absolute atomic E-state index is 0.0825. The minimum atomic E-state index is -0.905. The summed E-state index contributed by atoms with van der Waals surface area (Å²) >= 11 is 0. The number of non-ortho nitro benzene ring substituents is 1. The molecule has 0 saturated carbocycles. The molecule has 0 spiro atoms. The maximum absolute atomic E-state index is 14.0. The first-order chi connectivity index (χ1) is 12.1. The van der Waals surface area contributed by atoms with Crippen LogP contribution in [-0.4, -0.2) is 21.6 Å². The molecule has 1 aromatic heterocycles. The first-order valence-corrected chi connectivity index (χ1v) is 7.49. The van der Waals surface area contributed by atoms with Crippen LogP contribution in [0.15, 0.2) is 30.5 Å². The van der Waals surface area contributed by atoms with E-state index in [1.807, 2.05) is 0 Å². The van der Waals surface area contributed by atoms with Crippen molar-refractivity contribution in [2.75, 3.05) is 5.32 Å².